The molecule has 0 aliphatic heterocycles. The molecule has 0 amide bonds. The molecule has 0 saturated heterocycles. The van der Waals surface area contributed by atoms with Gasteiger partial charge in [-0.05, 0) is 37.6 Å². The van der Waals surface area contributed by atoms with E-state index in [1.807, 2.05) is 43.3 Å². The summed E-state index contributed by atoms with van der Waals surface area (Å²) in [6.45, 7) is 3.93. The van der Waals surface area contributed by atoms with E-state index in [2.05, 4.69) is 11.9 Å². The van der Waals surface area contributed by atoms with Gasteiger partial charge in [0, 0.05) is 10.4 Å². The number of aromatic nitrogens is 1. The molecule has 0 unspecified atom stereocenters. The number of carboxylic acids is 1. The molecule has 0 saturated carbocycles. The topological polar surface area (TPSA) is 68.7 Å². The van der Waals surface area contributed by atoms with Crippen molar-refractivity contribution in [2.75, 3.05) is 6.61 Å². The Bertz CT molecular complexity index is 905. The van der Waals surface area contributed by atoms with Crippen molar-refractivity contribution in [3.63, 3.8) is 0 Å². The number of hydrogen-bond donors (Lipinski definition) is 1. The van der Waals surface area contributed by atoms with E-state index in [-0.39, 0.29) is 6.61 Å². The van der Waals surface area contributed by atoms with Gasteiger partial charge < -0.3 is 14.6 Å². The number of hydrogen-bond acceptors (Lipinski definition) is 5. The van der Waals surface area contributed by atoms with Gasteiger partial charge in [-0.2, -0.15) is 0 Å². The van der Waals surface area contributed by atoms with Crippen LogP contribution in [0.4, 0.5) is 0 Å². The van der Waals surface area contributed by atoms with Gasteiger partial charge in [0.2, 0.25) is 0 Å². The number of ether oxygens (including phenoxy) is 2. The average molecular weight is 369 g/mol. The molecule has 0 radical (unpaired) electrons. The second-order valence-electron chi connectivity index (χ2n) is 5.78. The number of carboxylic acid groups (broad SMARTS) is 1. The Hall–Kier alpha value is -2.86. The summed E-state index contributed by atoms with van der Waals surface area (Å²) in [6.07, 6.45) is 0. The van der Waals surface area contributed by atoms with Gasteiger partial charge in [-0.25, -0.2) is 9.78 Å². The van der Waals surface area contributed by atoms with Gasteiger partial charge in [0.15, 0.2) is 6.61 Å². The lowest BCUT2D eigenvalue weighted by atomic mass is 10.1. The maximum Gasteiger partial charge on any atom is 0.341 e. The maximum absolute atomic E-state index is 10.6. The Morgan fingerprint density at radius 2 is 1.88 bits per heavy atom. The Kier molecular flexibility index (Phi) is 5.53. The van der Waals surface area contributed by atoms with Crippen molar-refractivity contribution < 1.29 is 19.4 Å². The number of carbonyl (C=O) groups is 1. The van der Waals surface area contributed by atoms with E-state index < -0.39 is 5.97 Å². The molecule has 26 heavy (non-hydrogen) atoms. The first-order valence-corrected chi connectivity index (χ1v) is 8.94. The molecule has 0 aliphatic rings. The molecular weight excluding hydrogens is 350 g/mol. The zero-order valence-electron chi connectivity index (χ0n) is 14.6. The lowest BCUT2D eigenvalue weighted by Gasteiger charge is -2.09. The van der Waals surface area contributed by atoms with Crippen LogP contribution in [0.2, 0.25) is 0 Å². The molecule has 0 fully saturated rings. The third-order valence-electron chi connectivity index (χ3n) is 3.75. The quantitative estimate of drug-likeness (QED) is 0.665. The highest BCUT2D eigenvalue weighted by atomic mass is 32.1. The second-order valence-corrected chi connectivity index (χ2v) is 7.06. The molecule has 1 N–H and O–H groups in total. The summed E-state index contributed by atoms with van der Waals surface area (Å²) in [5.74, 6) is 0.230. The predicted molar refractivity (Wildman–Crippen MR) is 101 cm³/mol. The highest BCUT2D eigenvalue weighted by Gasteiger charge is 2.11. The minimum absolute atomic E-state index is 0.359. The molecule has 2 aromatic carbocycles. The molecule has 0 spiro atoms. The van der Waals surface area contributed by atoms with E-state index in [9.17, 15) is 4.79 Å². The third-order valence-corrected chi connectivity index (χ3v) is 4.69. The summed E-state index contributed by atoms with van der Waals surface area (Å²) < 4.78 is 11.1. The number of aliphatic carboxylic acids is 1. The van der Waals surface area contributed by atoms with Crippen LogP contribution < -0.4 is 9.47 Å². The molecule has 1 heterocycles. The summed E-state index contributed by atoms with van der Waals surface area (Å²) in [6, 6.07) is 15.4. The normalized spacial score (nSPS) is 10.5. The van der Waals surface area contributed by atoms with Crippen LogP contribution in [0.15, 0.2) is 48.5 Å². The first-order chi connectivity index (χ1) is 12.5. The number of rotatable bonds is 7. The van der Waals surface area contributed by atoms with Crippen molar-refractivity contribution in [1.29, 1.82) is 0 Å². The Labute approximate surface area is 155 Å². The van der Waals surface area contributed by atoms with Crippen LogP contribution in [0.25, 0.3) is 11.3 Å². The van der Waals surface area contributed by atoms with E-state index in [0.29, 0.717) is 18.1 Å². The number of nitrogens with zero attached hydrogens (tertiary/aromatic N) is 1. The van der Waals surface area contributed by atoms with Crippen LogP contribution in [0.5, 0.6) is 11.5 Å². The van der Waals surface area contributed by atoms with E-state index in [4.69, 9.17) is 14.6 Å². The van der Waals surface area contributed by atoms with E-state index in [1.165, 1.54) is 0 Å². The number of benzene rings is 2. The molecule has 6 heteroatoms. The predicted octanol–water partition coefficient (Wildman–Crippen LogP) is 4.47. The first-order valence-electron chi connectivity index (χ1n) is 8.12. The largest absolute Gasteiger partial charge is 0.486 e. The first kappa shape index (κ1) is 17.9. The van der Waals surface area contributed by atoms with Crippen LogP contribution in [-0.2, 0) is 11.4 Å². The van der Waals surface area contributed by atoms with Crippen molar-refractivity contribution >= 4 is 17.3 Å². The highest BCUT2D eigenvalue weighted by molar-refractivity contribution is 7.12. The van der Waals surface area contributed by atoms with Crippen molar-refractivity contribution in [3.8, 4) is 22.8 Å². The minimum atomic E-state index is -1.00. The van der Waals surface area contributed by atoms with E-state index in [0.717, 1.165) is 26.7 Å². The van der Waals surface area contributed by atoms with Crippen LogP contribution in [0.3, 0.4) is 0 Å². The van der Waals surface area contributed by atoms with Crippen LogP contribution in [0, 0.1) is 13.8 Å². The fraction of sp³-hybridized carbons (Fsp3) is 0.200. The number of thiazole rings is 1. The Balaban J connectivity index is 1.66. The fourth-order valence-electron chi connectivity index (χ4n) is 2.54. The lowest BCUT2D eigenvalue weighted by molar-refractivity contribution is -0.139. The van der Waals surface area contributed by atoms with Crippen molar-refractivity contribution in [3.05, 3.63) is 64.0 Å². The standard InChI is InChI=1S/C20H19NO4S/c1-13-10-16(8-9-17(13)25-12-19(22)23)24-11-18-21-20(14(2)26-18)15-6-4-3-5-7-15/h3-10H,11-12H2,1-2H3,(H,22,23). The number of aryl methyl sites for hydroxylation is 2. The fourth-order valence-corrected chi connectivity index (χ4v) is 3.40. The summed E-state index contributed by atoms with van der Waals surface area (Å²) >= 11 is 1.62. The maximum atomic E-state index is 10.6. The van der Waals surface area contributed by atoms with Crippen molar-refractivity contribution in [2.45, 2.75) is 20.5 Å². The smallest absolute Gasteiger partial charge is 0.341 e. The molecule has 1 aromatic heterocycles. The third kappa shape index (κ3) is 4.40. The van der Waals surface area contributed by atoms with Gasteiger partial charge in [0.05, 0.1) is 5.69 Å². The summed E-state index contributed by atoms with van der Waals surface area (Å²) in [4.78, 5) is 16.4. The van der Waals surface area contributed by atoms with Crippen molar-refractivity contribution in [2.24, 2.45) is 0 Å². The Morgan fingerprint density at radius 1 is 1.12 bits per heavy atom. The van der Waals surface area contributed by atoms with Gasteiger partial charge in [-0.1, -0.05) is 30.3 Å². The van der Waals surface area contributed by atoms with Gasteiger partial charge in [-0.15, -0.1) is 11.3 Å². The second kappa shape index (κ2) is 8.01. The summed E-state index contributed by atoms with van der Waals surface area (Å²) in [5.41, 5.74) is 2.91. The summed E-state index contributed by atoms with van der Waals surface area (Å²) in [5, 5.41) is 9.59. The molecule has 5 nitrogen and oxygen atoms in total. The average Bonchev–Trinajstić information content (AvgIpc) is 3.00. The lowest BCUT2D eigenvalue weighted by Crippen LogP contribution is -2.10. The zero-order valence-corrected chi connectivity index (χ0v) is 15.4. The molecule has 3 aromatic rings. The minimum Gasteiger partial charge on any atom is -0.486 e. The highest BCUT2D eigenvalue weighted by Crippen LogP contribution is 2.29. The molecule has 0 atom stereocenters. The van der Waals surface area contributed by atoms with Crippen LogP contribution >= 0.6 is 11.3 Å². The van der Waals surface area contributed by atoms with Crippen LogP contribution in [0.1, 0.15) is 15.4 Å². The van der Waals surface area contributed by atoms with E-state index in [1.54, 1.807) is 23.5 Å². The van der Waals surface area contributed by atoms with Gasteiger partial charge in [0.25, 0.3) is 0 Å². The molecule has 134 valence electrons. The van der Waals surface area contributed by atoms with Gasteiger partial charge >= 0.3 is 5.97 Å². The SMILES string of the molecule is Cc1cc(OCc2nc(-c3ccccc3)c(C)s2)ccc1OCC(=O)O. The van der Waals surface area contributed by atoms with Crippen molar-refractivity contribution in [1.82, 2.24) is 4.98 Å². The van der Waals surface area contributed by atoms with Crippen LogP contribution in [-0.4, -0.2) is 22.7 Å². The molecular formula is C20H19NO4S. The van der Waals surface area contributed by atoms with E-state index >= 15 is 0 Å². The van der Waals surface area contributed by atoms with Gasteiger partial charge in [-0.3, -0.25) is 0 Å². The summed E-state index contributed by atoms with van der Waals surface area (Å²) in [7, 11) is 0. The monoisotopic (exact) mass is 369 g/mol. The zero-order chi connectivity index (χ0) is 18.5. The molecule has 0 aliphatic carbocycles. The molecule has 0 bridgehead atoms. The Morgan fingerprint density at radius 3 is 2.58 bits per heavy atom. The van der Waals surface area contributed by atoms with Gasteiger partial charge in [0.1, 0.15) is 23.1 Å². The molecule has 3 rings (SSSR count).